The fraction of sp³-hybridized carbons (Fsp3) is 0.455. The maximum Gasteiger partial charge on any atom is 0.168 e. The van der Waals surface area contributed by atoms with E-state index in [2.05, 4.69) is 5.32 Å². The van der Waals surface area contributed by atoms with Crippen LogP contribution in [0, 0.1) is 11.6 Å². The van der Waals surface area contributed by atoms with Gasteiger partial charge in [0.2, 0.25) is 0 Å². The van der Waals surface area contributed by atoms with Gasteiger partial charge in [-0.1, -0.05) is 0 Å². The van der Waals surface area contributed by atoms with Gasteiger partial charge in [0.25, 0.3) is 0 Å². The van der Waals surface area contributed by atoms with E-state index in [0.717, 1.165) is 19.4 Å². The summed E-state index contributed by atoms with van der Waals surface area (Å²) >= 11 is 0. The highest BCUT2D eigenvalue weighted by Gasteiger charge is 2.21. The molecule has 1 aromatic carbocycles. The van der Waals surface area contributed by atoms with Gasteiger partial charge in [-0.05, 0) is 25.5 Å². The Morgan fingerprint density at radius 1 is 1.33 bits per heavy atom. The lowest BCUT2D eigenvalue weighted by atomic mass is 9.91. The molecule has 2 rings (SSSR count). The number of phenolic OH excluding ortho intramolecular Hbond substituents is 1. The Balaban J connectivity index is 2.33. The lowest BCUT2D eigenvalue weighted by molar-refractivity contribution is 0.396. The summed E-state index contributed by atoms with van der Waals surface area (Å²) < 4.78 is 26.1. The molecule has 1 heterocycles. The second kappa shape index (κ2) is 4.14. The molecule has 0 bridgehead atoms. The molecule has 1 unspecified atom stereocenters. The quantitative estimate of drug-likeness (QED) is 0.749. The summed E-state index contributed by atoms with van der Waals surface area (Å²) in [6, 6.07) is 1.92. The molecule has 0 saturated carbocycles. The van der Waals surface area contributed by atoms with E-state index in [-0.39, 0.29) is 5.92 Å². The first-order valence-electron chi connectivity index (χ1n) is 5.07. The van der Waals surface area contributed by atoms with E-state index in [0.29, 0.717) is 18.2 Å². The van der Waals surface area contributed by atoms with Gasteiger partial charge in [0.1, 0.15) is 5.82 Å². The topological polar surface area (TPSA) is 32.3 Å². The Hall–Kier alpha value is -1.16. The molecule has 2 nitrogen and oxygen atoms in total. The smallest absolute Gasteiger partial charge is 0.168 e. The minimum absolute atomic E-state index is 0.00366. The third-order valence-corrected chi connectivity index (χ3v) is 2.79. The van der Waals surface area contributed by atoms with Crippen LogP contribution in [0.3, 0.4) is 0 Å². The number of hydrogen-bond acceptors (Lipinski definition) is 2. The molecule has 0 aromatic heterocycles. The number of aromatic hydroxyl groups is 1. The molecule has 0 spiro atoms. The Bertz CT molecular complexity index is 362. The molecule has 15 heavy (non-hydrogen) atoms. The molecule has 0 aliphatic carbocycles. The summed E-state index contributed by atoms with van der Waals surface area (Å²) in [5, 5.41) is 12.6. The molecular weight excluding hydrogens is 200 g/mol. The molecule has 4 heteroatoms. The maximum atomic E-state index is 13.1. The van der Waals surface area contributed by atoms with Gasteiger partial charge in [-0.3, -0.25) is 0 Å². The van der Waals surface area contributed by atoms with Crippen LogP contribution in [0.15, 0.2) is 12.1 Å². The van der Waals surface area contributed by atoms with Crippen LogP contribution in [-0.2, 0) is 0 Å². The highest BCUT2D eigenvalue weighted by atomic mass is 19.1. The van der Waals surface area contributed by atoms with Gasteiger partial charge in [-0.2, -0.15) is 0 Å². The van der Waals surface area contributed by atoms with Crippen LogP contribution in [0.1, 0.15) is 24.3 Å². The van der Waals surface area contributed by atoms with E-state index in [1.54, 1.807) is 0 Å². The van der Waals surface area contributed by atoms with Crippen LogP contribution in [-0.4, -0.2) is 18.2 Å². The molecule has 1 aliphatic heterocycles. The van der Waals surface area contributed by atoms with Gasteiger partial charge >= 0.3 is 0 Å². The third kappa shape index (κ3) is 2.09. The normalized spacial score (nSPS) is 21.6. The predicted molar refractivity (Wildman–Crippen MR) is 52.9 cm³/mol. The summed E-state index contributed by atoms with van der Waals surface area (Å²) in [5.41, 5.74) is 0.375. The second-order valence-electron chi connectivity index (χ2n) is 3.87. The molecule has 1 aliphatic rings. The first-order chi connectivity index (χ1) is 7.18. The second-order valence-corrected chi connectivity index (χ2v) is 3.87. The number of halogens is 2. The average molecular weight is 213 g/mol. The first kappa shape index (κ1) is 10.4. The standard InChI is InChI=1S/C11H13F2NO/c12-8-4-9(11(15)10(13)5-8)7-2-1-3-14-6-7/h4-5,7,14-15H,1-3,6H2. The van der Waals surface area contributed by atoms with Crippen LogP contribution in [0.4, 0.5) is 8.78 Å². The number of benzene rings is 1. The Morgan fingerprint density at radius 2 is 2.13 bits per heavy atom. The van der Waals surface area contributed by atoms with Crippen molar-refractivity contribution in [2.24, 2.45) is 0 Å². The molecular formula is C11H13F2NO. The lowest BCUT2D eigenvalue weighted by Gasteiger charge is -2.23. The predicted octanol–water partition coefficient (Wildman–Crippen LogP) is 2.14. The molecule has 1 atom stereocenters. The molecule has 0 radical (unpaired) electrons. The number of nitrogens with one attached hydrogen (secondary N) is 1. The van der Waals surface area contributed by atoms with Crippen molar-refractivity contribution in [1.29, 1.82) is 0 Å². The molecule has 1 fully saturated rings. The maximum absolute atomic E-state index is 13.1. The molecule has 82 valence electrons. The zero-order valence-electron chi connectivity index (χ0n) is 8.26. The van der Waals surface area contributed by atoms with E-state index in [1.807, 2.05) is 0 Å². The molecule has 1 saturated heterocycles. The molecule has 2 N–H and O–H groups in total. The van der Waals surface area contributed by atoms with Crippen LogP contribution in [0.5, 0.6) is 5.75 Å². The summed E-state index contributed by atoms with van der Waals surface area (Å²) in [4.78, 5) is 0. The van der Waals surface area contributed by atoms with Crippen molar-refractivity contribution in [2.45, 2.75) is 18.8 Å². The minimum Gasteiger partial charge on any atom is -0.505 e. The van der Waals surface area contributed by atoms with Crippen molar-refractivity contribution in [3.63, 3.8) is 0 Å². The number of hydrogen-bond donors (Lipinski definition) is 2. The summed E-state index contributed by atoms with van der Waals surface area (Å²) in [6.45, 7) is 1.59. The van der Waals surface area contributed by atoms with Crippen LogP contribution in [0.2, 0.25) is 0 Å². The van der Waals surface area contributed by atoms with Crippen LogP contribution in [0.25, 0.3) is 0 Å². The fourth-order valence-electron chi connectivity index (χ4n) is 2.01. The van der Waals surface area contributed by atoms with E-state index in [1.165, 1.54) is 6.07 Å². The Labute approximate surface area is 86.9 Å². The van der Waals surface area contributed by atoms with Gasteiger partial charge in [0.15, 0.2) is 11.6 Å². The van der Waals surface area contributed by atoms with Crippen molar-refractivity contribution in [3.05, 3.63) is 29.3 Å². The van der Waals surface area contributed by atoms with Crippen LogP contribution < -0.4 is 5.32 Å². The fourth-order valence-corrected chi connectivity index (χ4v) is 2.01. The largest absolute Gasteiger partial charge is 0.505 e. The molecule has 0 amide bonds. The minimum atomic E-state index is -0.879. The SMILES string of the molecule is Oc1c(F)cc(F)cc1C1CCCNC1. The average Bonchev–Trinajstić information content (AvgIpc) is 2.24. The van der Waals surface area contributed by atoms with E-state index in [4.69, 9.17) is 0 Å². The van der Waals surface area contributed by atoms with Crippen LogP contribution >= 0.6 is 0 Å². The zero-order chi connectivity index (χ0) is 10.8. The number of piperidine rings is 1. The highest BCUT2D eigenvalue weighted by molar-refractivity contribution is 5.37. The third-order valence-electron chi connectivity index (χ3n) is 2.79. The van der Waals surface area contributed by atoms with Crippen molar-refractivity contribution in [2.75, 3.05) is 13.1 Å². The first-order valence-corrected chi connectivity index (χ1v) is 5.07. The van der Waals surface area contributed by atoms with Crippen molar-refractivity contribution in [1.82, 2.24) is 5.32 Å². The monoisotopic (exact) mass is 213 g/mol. The van der Waals surface area contributed by atoms with E-state index in [9.17, 15) is 13.9 Å². The summed E-state index contributed by atoms with van der Waals surface area (Å²) in [6.07, 6.45) is 1.81. The van der Waals surface area contributed by atoms with Gasteiger partial charge in [-0.25, -0.2) is 8.78 Å². The zero-order valence-corrected chi connectivity index (χ0v) is 8.26. The van der Waals surface area contributed by atoms with Crippen molar-refractivity contribution >= 4 is 0 Å². The Kier molecular flexibility index (Phi) is 2.86. The number of phenols is 1. The van der Waals surface area contributed by atoms with Gasteiger partial charge in [0.05, 0.1) is 0 Å². The van der Waals surface area contributed by atoms with Gasteiger partial charge in [-0.15, -0.1) is 0 Å². The summed E-state index contributed by atoms with van der Waals surface area (Å²) in [5.74, 6) is -1.92. The summed E-state index contributed by atoms with van der Waals surface area (Å²) in [7, 11) is 0. The van der Waals surface area contributed by atoms with E-state index < -0.39 is 17.4 Å². The lowest BCUT2D eigenvalue weighted by Crippen LogP contribution is -2.28. The van der Waals surface area contributed by atoms with Gasteiger partial charge in [0, 0.05) is 24.1 Å². The molecule has 1 aromatic rings. The van der Waals surface area contributed by atoms with Crippen molar-refractivity contribution in [3.8, 4) is 5.75 Å². The Morgan fingerprint density at radius 3 is 2.80 bits per heavy atom. The van der Waals surface area contributed by atoms with E-state index >= 15 is 0 Å². The van der Waals surface area contributed by atoms with Gasteiger partial charge < -0.3 is 10.4 Å². The highest BCUT2D eigenvalue weighted by Crippen LogP contribution is 2.32. The number of rotatable bonds is 1. The van der Waals surface area contributed by atoms with Crippen molar-refractivity contribution < 1.29 is 13.9 Å².